The first-order chi connectivity index (χ1) is 27.0. The average Bonchev–Trinajstić information content (AvgIpc) is 3.18. The summed E-state index contributed by atoms with van der Waals surface area (Å²) in [5, 5.41) is 0. The predicted octanol–water partition coefficient (Wildman–Crippen LogP) is 14.3. The topological polar surface area (TPSA) is 21.7 Å². The van der Waals surface area contributed by atoms with Crippen molar-refractivity contribution in [2.75, 3.05) is 32.2 Å². The third-order valence-corrected chi connectivity index (χ3v) is 13.5. The number of hydrogen-bond acceptors (Lipinski definition) is 9. The molecule has 0 heterocycles. The van der Waals surface area contributed by atoms with Gasteiger partial charge >= 0.3 is 0 Å². The fourth-order valence-electron chi connectivity index (χ4n) is 5.36. The molecule has 0 amide bonds. The van der Waals surface area contributed by atoms with Crippen molar-refractivity contribution in [1.82, 2.24) is 0 Å². The van der Waals surface area contributed by atoms with Gasteiger partial charge in [-0.05, 0) is 133 Å². The fraction of sp³-hybridized carbons (Fsp3) is 0.417. The predicted molar refractivity (Wildman–Crippen MR) is 263 cm³/mol. The van der Waals surface area contributed by atoms with Gasteiger partial charge in [0.1, 0.15) is 11.5 Å². The van der Waals surface area contributed by atoms with Crippen LogP contribution in [0.3, 0.4) is 0 Å². The molecule has 0 aliphatic heterocycles. The van der Waals surface area contributed by atoms with Crippen molar-refractivity contribution in [2.45, 2.75) is 103 Å². The number of ether oxygens (including phenoxy) is 2. The summed E-state index contributed by atoms with van der Waals surface area (Å²) in [6.45, 7) is 21.1. The van der Waals surface area contributed by atoms with Crippen LogP contribution >= 0.6 is 23.5 Å². The van der Waals surface area contributed by atoms with Crippen molar-refractivity contribution in [3.63, 3.8) is 0 Å². The molecule has 3 nitrogen and oxygen atoms in total. The summed E-state index contributed by atoms with van der Waals surface area (Å²) in [5.74, 6) is 3.76. The van der Waals surface area contributed by atoms with Crippen molar-refractivity contribution >= 4 is 89.5 Å². The fourth-order valence-corrected chi connectivity index (χ4v) is 8.10. The Morgan fingerprint density at radius 3 is 1.41 bits per heavy atom. The van der Waals surface area contributed by atoms with Crippen LogP contribution in [-0.2, 0) is 67.0 Å². The number of nitrogens with zero attached hydrogens (tertiary/aromatic N) is 1. The van der Waals surface area contributed by atoms with Crippen molar-refractivity contribution < 1.29 is 26.0 Å². The first-order valence-corrected chi connectivity index (χ1v) is 23.2. The molecule has 0 fully saturated rings. The molecule has 0 N–H and O–H groups in total. The van der Waals surface area contributed by atoms with E-state index >= 15 is 0 Å². The van der Waals surface area contributed by atoms with Gasteiger partial charge in [-0.25, -0.2) is 0 Å². The molecular formula is C48H61NNiO2S6-4. The molecule has 4 aromatic carbocycles. The Bertz CT molecular complexity index is 1910. The van der Waals surface area contributed by atoms with E-state index in [1.807, 2.05) is 20.2 Å². The first kappa shape index (κ1) is 52.0. The van der Waals surface area contributed by atoms with Gasteiger partial charge in [0.05, 0.1) is 13.2 Å². The molecule has 0 radical (unpaired) electrons. The van der Waals surface area contributed by atoms with E-state index in [0.29, 0.717) is 55.2 Å². The Labute approximate surface area is 392 Å². The molecule has 1 atom stereocenters. The summed E-state index contributed by atoms with van der Waals surface area (Å²) in [4.78, 5) is 5.66. The van der Waals surface area contributed by atoms with E-state index in [-0.39, 0.29) is 16.5 Å². The van der Waals surface area contributed by atoms with E-state index in [4.69, 9.17) is 60.0 Å². The van der Waals surface area contributed by atoms with Crippen LogP contribution in [-0.4, -0.2) is 27.3 Å². The van der Waals surface area contributed by atoms with Gasteiger partial charge in [-0.2, -0.15) is 18.3 Å². The van der Waals surface area contributed by atoms with Gasteiger partial charge in [-0.1, -0.05) is 85.2 Å². The minimum atomic E-state index is 0. The van der Waals surface area contributed by atoms with Gasteiger partial charge in [0, 0.05) is 46.1 Å². The van der Waals surface area contributed by atoms with Gasteiger partial charge in [-0.15, -0.1) is 23.5 Å². The molecule has 0 spiro atoms. The van der Waals surface area contributed by atoms with Gasteiger partial charge in [0.25, 0.3) is 0 Å². The van der Waals surface area contributed by atoms with Crippen LogP contribution in [0.4, 0.5) is 5.69 Å². The average molecular weight is 935 g/mol. The molecule has 0 aliphatic rings. The number of hydrogen-bond donors (Lipinski definition) is 0. The molecule has 0 bridgehead atoms. The number of anilines is 1. The standard InChI is InChI=1S/C25H35NOS3.C23H30OS3.Ni/c1-7-18(4)19-8-13-23(27-15-14-17(2)3)22(16-19)24(28)25(29)30-21-11-9-20(10-12-21)26(5)6;1-15(2)12-13-24-21-11-8-18(16(3)4)14-20(21)22(25)23(26)27-19-9-6-17(5)7-10-19;/h8-13,16-18,28-29H,7,14-15H2,1-6H3;6-11,14-16,25-26H,12-13H2,1-5H3;/p-4/b25-24+;23-22+;. The van der Waals surface area contributed by atoms with E-state index in [9.17, 15) is 0 Å². The Morgan fingerprint density at radius 1 is 0.603 bits per heavy atom. The van der Waals surface area contributed by atoms with Crippen LogP contribution < -0.4 is 14.4 Å². The largest absolute Gasteiger partial charge is 0.780 e. The molecule has 4 rings (SSSR count). The maximum absolute atomic E-state index is 6.12. The Morgan fingerprint density at radius 2 is 1.02 bits per heavy atom. The maximum atomic E-state index is 6.12. The molecule has 0 saturated heterocycles. The van der Waals surface area contributed by atoms with Gasteiger partial charge in [0.15, 0.2) is 0 Å². The van der Waals surface area contributed by atoms with Crippen molar-refractivity contribution in [3.05, 3.63) is 121 Å². The zero-order valence-electron chi connectivity index (χ0n) is 36.0. The monoisotopic (exact) mass is 933 g/mol. The number of aryl methyl sites for hydroxylation is 1. The van der Waals surface area contributed by atoms with E-state index in [0.717, 1.165) is 57.4 Å². The second kappa shape index (κ2) is 26.2. The van der Waals surface area contributed by atoms with Crippen LogP contribution in [0.2, 0.25) is 0 Å². The summed E-state index contributed by atoms with van der Waals surface area (Å²) in [6.07, 6.45) is 3.11. The molecule has 10 heteroatoms. The molecule has 58 heavy (non-hydrogen) atoms. The summed E-state index contributed by atoms with van der Waals surface area (Å²) in [6, 6.07) is 29.4. The smallest absolute Gasteiger partial charge is 0.124 e. The van der Waals surface area contributed by atoms with E-state index in [1.54, 1.807) is 23.5 Å². The SMILES string of the molecule is CCC(C)c1ccc(OCCC(C)C)c(/C([S-])=C(/[S-])Sc2ccc(N(C)C)cc2)c1.Cc1ccc(S/C([S-])=C(/[S-])c2cc(C(C)C)ccc2OCCC(C)C)cc1.[Ni]. The second-order valence-electron chi connectivity index (χ2n) is 15.7. The minimum Gasteiger partial charge on any atom is -0.780 e. The van der Waals surface area contributed by atoms with E-state index in [1.165, 1.54) is 16.7 Å². The second-order valence-corrected chi connectivity index (χ2v) is 20.0. The first-order valence-electron chi connectivity index (χ1n) is 19.9. The van der Waals surface area contributed by atoms with Crippen LogP contribution in [0.25, 0.3) is 9.81 Å². The van der Waals surface area contributed by atoms with Crippen molar-refractivity contribution in [2.24, 2.45) is 11.8 Å². The number of thioether (sulfide) groups is 2. The third kappa shape index (κ3) is 17.1. The molecule has 1 unspecified atom stereocenters. The van der Waals surface area contributed by atoms with E-state index in [2.05, 4.69) is 146 Å². The molecule has 4 aromatic rings. The molecular weight excluding hydrogens is 874 g/mol. The molecule has 0 aromatic heterocycles. The van der Waals surface area contributed by atoms with Gasteiger partial charge in [-0.3, -0.25) is 0 Å². The van der Waals surface area contributed by atoms with Crippen LogP contribution in [0.5, 0.6) is 11.5 Å². The minimum absolute atomic E-state index is 0. The van der Waals surface area contributed by atoms with Gasteiger partial charge < -0.3 is 64.9 Å². The molecule has 320 valence electrons. The van der Waals surface area contributed by atoms with Crippen LogP contribution in [0.15, 0.2) is 103 Å². The zero-order chi connectivity index (χ0) is 42.2. The molecule has 0 saturated carbocycles. The summed E-state index contributed by atoms with van der Waals surface area (Å²) < 4.78 is 13.6. The third-order valence-electron chi connectivity index (χ3n) is 9.42. The van der Waals surface area contributed by atoms with E-state index < -0.39 is 0 Å². The van der Waals surface area contributed by atoms with Crippen LogP contribution in [0.1, 0.15) is 114 Å². The maximum Gasteiger partial charge on any atom is 0.124 e. The van der Waals surface area contributed by atoms with Crippen LogP contribution in [0, 0.1) is 18.8 Å². The molecule has 0 aliphatic carbocycles. The Hall–Kier alpha value is -2.17. The summed E-state index contributed by atoms with van der Waals surface area (Å²) in [5.41, 5.74) is 6.78. The Balaban J connectivity index is 0.000000395. The summed E-state index contributed by atoms with van der Waals surface area (Å²) >= 11 is 26.1. The zero-order valence-corrected chi connectivity index (χ0v) is 41.8. The summed E-state index contributed by atoms with van der Waals surface area (Å²) in [7, 11) is 4.07. The normalized spacial score (nSPS) is 12.6. The van der Waals surface area contributed by atoms with Crippen molar-refractivity contribution in [1.29, 1.82) is 0 Å². The number of rotatable bonds is 18. The quantitative estimate of drug-likeness (QED) is 0.0548. The van der Waals surface area contributed by atoms with Gasteiger partial charge in [0.2, 0.25) is 0 Å². The van der Waals surface area contributed by atoms with Crippen molar-refractivity contribution in [3.8, 4) is 11.5 Å². The Kier molecular flexibility index (Phi) is 23.5. The number of benzene rings is 4.